The Morgan fingerprint density at radius 1 is 1.20 bits per heavy atom. The smallest absolute Gasteiger partial charge is 0.221 e. The minimum Gasteiger partial charge on any atom is -0.359 e. The Bertz CT molecular complexity index is 790. The molecule has 0 spiro atoms. The molecule has 0 aliphatic carbocycles. The van der Waals surface area contributed by atoms with Crippen molar-refractivity contribution in [2.75, 3.05) is 20.1 Å². The summed E-state index contributed by atoms with van der Waals surface area (Å²) in [5, 5.41) is 2.61. The van der Waals surface area contributed by atoms with Gasteiger partial charge in [-0.15, -0.1) is 0 Å². The second kappa shape index (κ2) is 7.57. The molecule has 0 fully saturated rings. The monoisotopic (exact) mass is 342 g/mol. The van der Waals surface area contributed by atoms with Gasteiger partial charge in [0.25, 0.3) is 0 Å². The van der Waals surface area contributed by atoms with Crippen molar-refractivity contribution in [3.05, 3.63) is 77.4 Å². The number of benzene rings is 2. The standard InChI is InChI=1S/C20H20F2N2O/c1-23-20(25)9-10-24-13-15(17-12-16(21)7-8-18(17)22)11-19(24)14-5-3-2-4-6-14/h2-8,11-12,19H,9-10,13H2,1H3,(H,23,25)/t19-/m0/s1. The predicted molar refractivity (Wildman–Crippen MR) is 93.8 cm³/mol. The summed E-state index contributed by atoms with van der Waals surface area (Å²) in [6.07, 6.45) is 2.31. The van der Waals surface area contributed by atoms with Crippen molar-refractivity contribution in [3.63, 3.8) is 0 Å². The zero-order chi connectivity index (χ0) is 17.8. The molecule has 25 heavy (non-hydrogen) atoms. The maximum Gasteiger partial charge on any atom is 0.221 e. The Morgan fingerprint density at radius 3 is 2.68 bits per heavy atom. The zero-order valence-corrected chi connectivity index (χ0v) is 14.0. The molecule has 5 heteroatoms. The summed E-state index contributed by atoms with van der Waals surface area (Å²) in [6.45, 7) is 1.01. The highest BCUT2D eigenvalue weighted by Crippen LogP contribution is 2.35. The zero-order valence-electron chi connectivity index (χ0n) is 14.0. The van der Waals surface area contributed by atoms with Crippen molar-refractivity contribution in [2.24, 2.45) is 0 Å². The first-order valence-electron chi connectivity index (χ1n) is 8.24. The van der Waals surface area contributed by atoms with Gasteiger partial charge >= 0.3 is 0 Å². The van der Waals surface area contributed by atoms with Crippen LogP contribution in [-0.4, -0.2) is 30.9 Å². The van der Waals surface area contributed by atoms with Gasteiger partial charge in [-0.25, -0.2) is 8.78 Å². The molecule has 1 heterocycles. The van der Waals surface area contributed by atoms with Gasteiger partial charge in [0.15, 0.2) is 0 Å². The molecule has 1 amide bonds. The summed E-state index contributed by atoms with van der Waals surface area (Å²) in [5.41, 5.74) is 2.08. The third kappa shape index (κ3) is 3.94. The lowest BCUT2D eigenvalue weighted by atomic mass is 10.0. The SMILES string of the molecule is CNC(=O)CCN1CC(c2cc(F)ccc2F)=C[C@H]1c1ccccc1. The molecule has 1 aliphatic rings. The molecule has 0 saturated carbocycles. The highest BCUT2D eigenvalue weighted by molar-refractivity contribution is 5.76. The number of nitrogens with one attached hydrogen (secondary N) is 1. The number of halogens is 2. The van der Waals surface area contributed by atoms with Crippen molar-refractivity contribution in [1.82, 2.24) is 10.2 Å². The summed E-state index contributed by atoms with van der Waals surface area (Å²) in [4.78, 5) is 13.7. The van der Waals surface area contributed by atoms with E-state index in [0.717, 1.165) is 23.3 Å². The van der Waals surface area contributed by atoms with Crippen LogP contribution in [0.15, 0.2) is 54.6 Å². The molecular weight excluding hydrogens is 322 g/mol. The largest absolute Gasteiger partial charge is 0.359 e. The number of nitrogens with zero attached hydrogens (tertiary/aromatic N) is 1. The fourth-order valence-electron chi connectivity index (χ4n) is 3.13. The van der Waals surface area contributed by atoms with Crippen LogP contribution in [0, 0.1) is 11.6 Å². The van der Waals surface area contributed by atoms with E-state index in [1.54, 1.807) is 7.05 Å². The van der Waals surface area contributed by atoms with E-state index in [4.69, 9.17) is 0 Å². The average Bonchev–Trinajstić information content (AvgIpc) is 3.06. The first-order chi connectivity index (χ1) is 12.1. The van der Waals surface area contributed by atoms with E-state index in [9.17, 15) is 13.6 Å². The highest BCUT2D eigenvalue weighted by atomic mass is 19.1. The molecule has 1 aliphatic heterocycles. The van der Waals surface area contributed by atoms with Gasteiger partial charge in [0, 0.05) is 32.1 Å². The normalized spacial score (nSPS) is 17.4. The quantitative estimate of drug-likeness (QED) is 0.901. The van der Waals surface area contributed by atoms with E-state index in [-0.39, 0.29) is 17.5 Å². The lowest BCUT2D eigenvalue weighted by molar-refractivity contribution is -0.120. The van der Waals surface area contributed by atoms with Gasteiger partial charge in [-0.1, -0.05) is 36.4 Å². The van der Waals surface area contributed by atoms with Crippen molar-refractivity contribution < 1.29 is 13.6 Å². The summed E-state index contributed by atoms with van der Waals surface area (Å²) in [5.74, 6) is -0.942. The second-order valence-corrected chi connectivity index (χ2v) is 6.07. The van der Waals surface area contributed by atoms with Gasteiger partial charge in [0.1, 0.15) is 11.6 Å². The van der Waals surface area contributed by atoms with Gasteiger partial charge in [-0.2, -0.15) is 0 Å². The highest BCUT2D eigenvalue weighted by Gasteiger charge is 2.28. The number of carbonyl (C=O) groups is 1. The van der Waals surface area contributed by atoms with E-state index in [1.807, 2.05) is 36.4 Å². The van der Waals surface area contributed by atoms with E-state index < -0.39 is 11.6 Å². The molecule has 3 rings (SSSR count). The van der Waals surface area contributed by atoms with Crippen molar-refractivity contribution >= 4 is 11.5 Å². The fourth-order valence-corrected chi connectivity index (χ4v) is 3.13. The molecule has 3 nitrogen and oxygen atoms in total. The minimum atomic E-state index is -0.461. The summed E-state index contributed by atoms with van der Waals surface area (Å²) in [6, 6.07) is 13.3. The predicted octanol–water partition coefficient (Wildman–Crippen LogP) is 3.54. The Hall–Kier alpha value is -2.53. The van der Waals surface area contributed by atoms with Crippen LogP contribution in [0.1, 0.15) is 23.6 Å². The molecule has 0 unspecified atom stereocenters. The van der Waals surface area contributed by atoms with Crippen LogP contribution in [0.3, 0.4) is 0 Å². The van der Waals surface area contributed by atoms with Crippen LogP contribution in [0.2, 0.25) is 0 Å². The molecule has 1 N–H and O–H groups in total. The van der Waals surface area contributed by atoms with Crippen LogP contribution < -0.4 is 5.32 Å². The second-order valence-electron chi connectivity index (χ2n) is 6.07. The average molecular weight is 342 g/mol. The number of hydrogen-bond acceptors (Lipinski definition) is 2. The van der Waals surface area contributed by atoms with Crippen LogP contribution >= 0.6 is 0 Å². The fraction of sp³-hybridized carbons (Fsp3) is 0.250. The molecule has 1 atom stereocenters. The van der Waals surface area contributed by atoms with E-state index in [1.165, 1.54) is 6.07 Å². The van der Waals surface area contributed by atoms with Crippen molar-refractivity contribution in [1.29, 1.82) is 0 Å². The van der Waals surface area contributed by atoms with Crippen LogP contribution in [0.5, 0.6) is 0 Å². The van der Waals surface area contributed by atoms with Crippen molar-refractivity contribution in [2.45, 2.75) is 12.5 Å². The topological polar surface area (TPSA) is 32.3 Å². The summed E-state index contributed by atoms with van der Waals surface area (Å²) >= 11 is 0. The molecule has 0 radical (unpaired) electrons. The van der Waals surface area contributed by atoms with E-state index >= 15 is 0 Å². The summed E-state index contributed by atoms with van der Waals surface area (Å²) < 4.78 is 27.7. The molecule has 2 aromatic rings. The third-order valence-corrected chi connectivity index (χ3v) is 4.45. The summed E-state index contributed by atoms with van der Waals surface area (Å²) in [7, 11) is 1.60. The molecular formula is C20H20F2N2O. The van der Waals surface area contributed by atoms with Crippen molar-refractivity contribution in [3.8, 4) is 0 Å². The lowest BCUT2D eigenvalue weighted by Crippen LogP contribution is -2.30. The van der Waals surface area contributed by atoms with E-state index in [0.29, 0.717) is 19.5 Å². The molecule has 0 aromatic heterocycles. The van der Waals surface area contributed by atoms with Crippen LogP contribution in [0.4, 0.5) is 8.78 Å². The first kappa shape index (κ1) is 17.3. The number of carbonyl (C=O) groups excluding carboxylic acids is 1. The van der Waals surface area contributed by atoms with Crippen LogP contribution in [-0.2, 0) is 4.79 Å². The van der Waals surface area contributed by atoms with E-state index in [2.05, 4.69) is 10.2 Å². The number of hydrogen-bond donors (Lipinski definition) is 1. The number of amides is 1. The Kier molecular flexibility index (Phi) is 5.24. The third-order valence-electron chi connectivity index (χ3n) is 4.45. The van der Waals surface area contributed by atoms with Gasteiger partial charge in [0.05, 0.1) is 6.04 Å². The Morgan fingerprint density at radius 2 is 1.96 bits per heavy atom. The van der Waals surface area contributed by atoms with Gasteiger partial charge in [-0.05, 0) is 29.3 Å². The number of rotatable bonds is 5. The molecule has 2 aromatic carbocycles. The molecule has 0 saturated heterocycles. The first-order valence-corrected chi connectivity index (χ1v) is 8.24. The van der Waals surface area contributed by atoms with Crippen LogP contribution in [0.25, 0.3) is 5.57 Å². The lowest BCUT2D eigenvalue weighted by Gasteiger charge is -2.24. The van der Waals surface area contributed by atoms with Gasteiger partial charge in [0.2, 0.25) is 5.91 Å². The maximum atomic E-state index is 14.2. The van der Waals surface area contributed by atoms with Gasteiger partial charge < -0.3 is 5.32 Å². The molecule has 130 valence electrons. The van der Waals surface area contributed by atoms with Gasteiger partial charge in [-0.3, -0.25) is 9.69 Å². The Balaban J connectivity index is 1.90. The maximum absolute atomic E-state index is 14.2. The Labute approximate surface area is 146 Å². The minimum absolute atomic E-state index is 0.0443. The molecule has 0 bridgehead atoms.